The van der Waals surface area contributed by atoms with Gasteiger partial charge in [-0.3, -0.25) is 10.1 Å². The Morgan fingerprint density at radius 1 is 1.24 bits per heavy atom. The molecule has 0 saturated carbocycles. The number of hydrogen-bond acceptors (Lipinski definition) is 4. The Labute approximate surface area is 120 Å². The van der Waals surface area contributed by atoms with E-state index >= 15 is 0 Å². The van der Waals surface area contributed by atoms with Crippen molar-refractivity contribution in [1.82, 2.24) is 0 Å². The molecule has 0 aliphatic carbocycles. The lowest BCUT2D eigenvalue weighted by Gasteiger charge is -2.10. The Morgan fingerprint density at radius 3 is 2.57 bits per heavy atom. The van der Waals surface area contributed by atoms with Gasteiger partial charge >= 0.3 is 0 Å². The SMILES string of the molecule is O=C(Nc1ccc(F)cc1)c1ccc(NCCO)[n+]([O-])c1. The summed E-state index contributed by atoms with van der Waals surface area (Å²) >= 11 is 0. The van der Waals surface area contributed by atoms with Crippen molar-refractivity contribution in [2.75, 3.05) is 23.8 Å². The molecule has 0 unspecified atom stereocenters. The number of pyridine rings is 1. The summed E-state index contributed by atoms with van der Waals surface area (Å²) in [5, 5.41) is 25.6. The monoisotopic (exact) mass is 291 g/mol. The van der Waals surface area contributed by atoms with Crippen LogP contribution in [0, 0.1) is 11.0 Å². The maximum Gasteiger partial charge on any atom is 0.277 e. The molecular formula is C14H14FN3O3. The fourth-order valence-electron chi connectivity index (χ4n) is 1.67. The molecule has 1 aromatic heterocycles. The van der Waals surface area contributed by atoms with Gasteiger partial charge in [-0.2, -0.15) is 0 Å². The maximum atomic E-state index is 12.8. The molecule has 110 valence electrons. The number of anilines is 2. The Hall–Kier alpha value is -2.67. The predicted octanol–water partition coefficient (Wildman–Crippen LogP) is 1.12. The number of carbonyl (C=O) groups is 1. The van der Waals surface area contributed by atoms with E-state index in [4.69, 9.17) is 5.11 Å². The van der Waals surface area contributed by atoms with Crippen molar-refractivity contribution in [3.63, 3.8) is 0 Å². The lowest BCUT2D eigenvalue weighted by molar-refractivity contribution is -0.590. The Balaban J connectivity index is 2.08. The van der Waals surface area contributed by atoms with Gasteiger partial charge in [0.2, 0.25) is 0 Å². The van der Waals surface area contributed by atoms with Crippen molar-refractivity contribution in [2.45, 2.75) is 0 Å². The standard InChI is InChI=1S/C14H14FN3O3/c15-11-2-4-12(5-3-11)17-14(20)10-1-6-13(16-7-8-19)18(21)9-10/h1-6,9,16,19H,7-8H2,(H,17,20). The number of halogens is 1. The molecule has 3 N–H and O–H groups in total. The lowest BCUT2D eigenvalue weighted by Crippen LogP contribution is -2.33. The number of nitrogens with zero attached hydrogens (tertiary/aromatic N) is 1. The zero-order valence-corrected chi connectivity index (χ0v) is 11.0. The van der Waals surface area contributed by atoms with Crippen LogP contribution in [0.3, 0.4) is 0 Å². The number of carbonyl (C=O) groups excluding carboxylic acids is 1. The third kappa shape index (κ3) is 3.90. The van der Waals surface area contributed by atoms with Crippen LogP contribution in [0.15, 0.2) is 42.6 Å². The highest BCUT2D eigenvalue weighted by Crippen LogP contribution is 2.10. The average molecular weight is 291 g/mol. The van der Waals surface area contributed by atoms with Crippen molar-refractivity contribution >= 4 is 17.4 Å². The van der Waals surface area contributed by atoms with Crippen LogP contribution in [0.1, 0.15) is 10.4 Å². The van der Waals surface area contributed by atoms with Crippen LogP contribution in [0.4, 0.5) is 15.9 Å². The molecule has 0 radical (unpaired) electrons. The largest absolute Gasteiger partial charge is 0.711 e. The number of aliphatic hydroxyl groups is 1. The molecular weight excluding hydrogens is 277 g/mol. The van der Waals surface area contributed by atoms with Crippen molar-refractivity contribution in [1.29, 1.82) is 0 Å². The van der Waals surface area contributed by atoms with Gasteiger partial charge in [-0.05, 0) is 30.3 Å². The number of aliphatic hydroxyl groups excluding tert-OH is 1. The van der Waals surface area contributed by atoms with Gasteiger partial charge in [-0.15, -0.1) is 0 Å². The molecule has 0 saturated heterocycles. The van der Waals surface area contributed by atoms with Crippen molar-refractivity contribution < 1.29 is 19.0 Å². The van der Waals surface area contributed by atoms with Crippen molar-refractivity contribution in [2.24, 2.45) is 0 Å². The number of amides is 1. The maximum absolute atomic E-state index is 12.8. The first-order valence-corrected chi connectivity index (χ1v) is 6.25. The Morgan fingerprint density at radius 2 is 1.95 bits per heavy atom. The average Bonchev–Trinajstić information content (AvgIpc) is 2.48. The number of hydrogen-bond donors (Lipinski definition) is 3. The summed E-state index contributed by atoms with van der Waals surface area (Å²) in [5.41, 5.74) is 0.602. The van der Waals surface area contributed by atoms with Crippen LogP contribution in [-0.4, -0.2) is 24.2 Å². The van der Waals surface area contributed by atoms with E-state index in [1.54, 1.807) is 0 Å². The molecule has 0 bridgehead atoms. The van der Waals surface area contributed by atoms with Crippen LogP contribution < -0.4 is 15.4 Å². The molecule has 0 atom stereocenters. The minimum Gasteiger partial charge on any atom is -0.711 e. The van der Waals surface area contributed by atoms with E-state index in [0.717, 1.165) is 6.20 Å². The van der Waals surface area contributed by atoms with Gasteiger partial charge in [0.05, 0.1) is 12.2 Å². The van der Waals surface area contributed by atoms with Crippen LogP contribution in [0.25, 0.3) is 0 Å². The third-order valence-corrected chi connectivity index (χ3v) is 2.70. The molecule has 1 heterocycles. The van der Waals surface area contributed by atoms with Gasteiger partial charge in [0, 0.05) is 11.8 Å². The first-order chi connectivity index (χ1) is 10.1. The van der Waals surface area contributed by atoms with Crippen molar-refractivity contribution in [3.8, 4) is 0 Å². The Kier molecular flexibility index (Phi) is 4.68. The van der Waals surface area contributed by atoms with E-state index in [9.17, 15) is 14.4 Å². The van der Waals surface area contributed by atoms with E-state index in [0.29, 0.717) is 10.4 Å². The zero-order chi connectivity index (χ0) is 15.2. The first-order valence-electron chi connectivity index (χ1n) is 6.25. The minimum atomic E-state index is -0.472. The molecule has 21 heavy (non-hydrogen) atoms. The summed E-state index contributed by atoms with van der Waals surface area (Å²) in [6.07, 6.45) is 1.12. The minimum absolute atomic E-state index is 0.104. The Bertz CT molecular complexity index is 632. The van der Waals surface area contributed by atoms with Gasteiger partial charge in [0.15, 0.2) is 0 Å². The number of aromatic nitrogens is 1. The topological polar surface area (TPSA) is 88.3 Å². The summed E-state index contributed by atoms with van der Waals surface area (Å²) in [4.78, 5) is 12.0. The molecule has 2 aromatic rings. The zero-order valence-electron chi connectivity index (χ0n) is 11.0. The second kappa shape index (κ2) is 6.67. The molecule has 1 amide bonds. The van der Waals surface area contributed by atoms with E-state index in [1.807, 2.05) is 0 Å². The fraction of sp³-hybridized carbons (Fsp3) is 0.143. The molecule has 2 rings (SSSR count). The van der Waals surface area contributed by atoms with E-state index in [2.05, 4.69) is 10.6 Å². The first kappa shape index (κ1) is 14.7. The summed E-state index contributed by atoms with van der Waals surface area (Å²) < 4.78 is 13.3. The highest BCUT2D eigenvalue weighted by atomic mass is 19.1. The van der Waals surface area contributed by atoms with Crippen LogP contribution in [-0.2, 0) is 0 Å². The summed E-state index contributed by atoms with van der Waals surface area (Å²) in [7, 11) is 0. The molecule has 0 spiro atoms. The van der Waals surface area contributed by atoms with Gasteiger partial charge < -0.3 is 15.6 Å². The second-order valence-corrected chi connectivity index (χ2v) is 4.24. The van der Waals surface area contributed by atoms with Gasteiger partial charge in [-0.25, -0.2) is 9.12 Å². The molecule has 0 aliphatic rings. The van der Waals surface area contributed by atoms with E-state index < -0.39 is 11.7 Å². The quantitative estimate of drug-likeness (QED) is 0.569. The number of nitrogens with one attached hydrogen (secondary N) is 2. The van der Waals surface area contributed by atoms with Crippen molar-refractivity contribution in [3.05, 3.63) is 59.2 Å². The summed E-state index contributed by atoms with van der Waals surface area (Å²) in [6, 6.07) is 8.23. The molecule has 0 fully saturated rings. The van der Waals surface area contributed by atoms with Crippen LogP contribution >= 0.6 is 0 Å². The van der Waals surface area contributed by atoms with E-state index in [1.165, 1.54) is 36.4 Å². The second-order valence-electron chi connectivity index (χ2n) is 4.24. The summed E-state index contributed by atoms with van der Waals surface area (Å²) in [5.74, 6) is -0.632. The van der Waals surface area contributed by atoms with Crippen LogP contribution in [0.2, 0.25) is 0 Å². The molecule has 6 nitrogen and oxygen atoms in total. The van der Waals surface area contributed by atoms with Gasteiger partial charge in [-0.1, -0.05) is 0 Å². The number of benzene rings is 1. The van der Waals surface area contributed by atoms with Crippen LogP contribution in [0.5, 0.6) is 0 Å². The smallest absolute Gasteiger partial charge is 0.277 e. The predicted molar refractivity (Wildman–Crippen MR) is 75.3 cm³/mol. The third-order valence-electron chi connectivity index (χ3n) is 2.70. The summed E-state index contributed by atoms with van der Waals surface area (Å²) in [6.45, 7) is 0.135. The van der Waals surface area contributed by atoms with E-state index in [-0.39, 0.29) is 24.5 Å². The normalized spacial score (nSPS) is 10.2. The highest BCUT2D eigenvalue weighted by molar-refractivity contribution is 6.03. The highest BCUT2D eigenvalue weighted by Gasteiger charge is 2.11. The lowest BCUT2D eigenvalue weighted by atomic mass is 10.2. The molecule has 7 heteroatoms. The molecule has 0 aliphatic heterocycles. The van der Waals surface area contributed by atoms with Gasteiger partial charge in [0.25, 0.3) is 11.7 Å². The van der Waals surface area contributed by atoms with Gasteiger partial charge in [0.1, 0.15) is 18.6 Å². The fourth-order valence-corrected chi connectivity index (χ4v) is 1.67. The molecule has 1 aromatic carbocycles. The number of rotatable bonds is 5.